The second-order valence-electron chi connectivity index (χ2n) is 7.59. The third-order valence-electron chi connectivity index (χ3n) is 5.41. The molecule has 1 aliphatic rings. The number of thiazole rings is 1. The Morgan fingerprint density at radius 1 is 1.16 bits per heavy atom. The van der Waals surface area contributed by atoms with Crippen molar-refractivity contribution in [3.63, 3.8) is 0 Å². The van der Waals surface area contributed by atoms with Crippen molar-refractivity contribution in [3.05, 3.63) is 64.5 Å². The molecule has 158 valence electrons. The molecule has 5 rings (SSSR count). The monoisotopic (exact) mass is 449 g/mol. The number of carbonyl (C=O) groups is 1. The number of fused-ring (bicyclic) bond motifs is 2. The summed E-state index contributed by atoms with van der Waals surface area (Å²) < 4.78 is 6.65. The van der Waals surface area contributed by atoms with Crippen molar-refractivity contribution in [2.75, 3.05) is 25.5 Å². The summed E-state index contributed by atoms with van der Waals surface area (Å²) >= 11 is 3.36. The smallest absolute Gasteiger partial charge is 0.256 e. The zero-order valence-electron chi connectivity index (χ0n) is 17.5. The van der Waals surface area contributed by atoms with Crippen LogP contribution in [0.25, 0.3) is 20.8 Å². The average molecular weight is 450 g/mol. The molecule has 0 radical (unpaired) electrons. The first-order chi connectivity index (χ1) is 15.1. The number of thiophene rings is 1. The van der Waals surface area contributed by atoms with Gasteiger partial charge in [-0.15, -0.1) is 22.7 Å². The summed E-state index contributed by atoms with van der Waals surface area (Å²) in [5.41, 5.74) is 4.03. The molecule has 31 heavy (non-hydrogen) atoms. The number of nitrogens with one attached hydrogen (secondary N) is 1. The Morgan fingerprint density at radius 3 is 2.74 bits per heavy atom. The summed E-state index contributed by atoms with van der Waals surface area (Å²) in [6.45, 7) is 4.46. The van der Waals surface area contributed by atoms with Gasteiger partial charge in [0.1, 0.15) is 15.8 Å². The number of aromatic nitrogens is 1. The first kappa shape index (κ1) is 20.2. The Kier molecular flexibility index (Phi) is 5.48. The molecule has 1 N–H and O–H groups in total. The fourth-order valence-electron chi connectivity index (χ4n) is 3.87. The van der Waals surface area contributed by atoms with Crippen molar-refractivity contribution in [2.24, 2.45) is 0 Å². The van der Waals surface area contributed by atoms with Crippen molar-refractivity contribution in [1.82, 2.24) is 9.88 Å². The Balaban J connectivity index is 1.52. The summed E-state index contributed by atoms with van der Waals surface area (Å²) in [5.74, 6) is 0.654. The van der Waals surface area contributed by atoms with Gasteiger partial charge in [0, 0.05) is 29.1 Å². The molecular formula is C24H23N3O2S2. The molecule has 4 aromatic rings. The van der Waals surface area contributed by atoms with Crippen LogP contribution in [0.4, 0.5) is 5.00 Å². The minimum atomic E-state index is -0.114. The van der Waals surface area contributed by atoms with Crippen LogP contribution in [0, 0.1) is 0 Å². The summed E-state index contributed by atoms with van der Waals surface area (Å²) in [5, 5.41) is 5.04. The number of para-hydroxylation sites is 1. The third-order valence-corrected chi connectivity index (χ3v) is 7.60. The quantitative estimate of drug-likeness (QED) is 0.427. The molecule has 0 unspecified atom stereocenters. The first-order valence-corrected chi connectivity index (χ1v) is 12.0. The lowest BCUT2D eigenvalue weighted by atomic mass is 10.0. The lowest BCUT2D eigenvalue weighted by Gasteiger charge is -2.22. The number of hydrogen-bond donors (Lipinski definition) is 1. The molecule has 0 spiro atoms. The number of likely N-dealkylation sites (N-methyl/N-ethyl adjacent to an activating group) is 1. The van der Waals surface area contributed by atoms with Gasteiger partial charge in [0.05, 0.1) is 16.8 Å². The molecule has 0 saturated carbocycles. The van der Waals surface area contributed by atoms with Crippen molar-refractivity contribution in [3.8, 4) is 16.3 Å². The number of carbonyl (C=O) groups excluding carboxylic acids is 1. The second kappa shape index (κ2) is 8.42. The maximum absolute atomic E-state index is 13.0. The lowest BCUT2D eigenvalue weighted by Crippen LogP contribution is -2.25. The number of rotatable bonds is 5. The molecule has 7 heteroatoms. The number of ether oxygens (including phenoxy) is 1. The van der Waals surface area contributed by atoms with Gasteiger partial charge >= 0.3 is 0 Å². The standard InChI is InChI=1S/C24H23N3O2S2/c1-3-29-16-10-8-15(9-11-16)22(28)26-24-21(17-12-13-27(2)14-20(17)31-24)23-25-18-6-4-5-7-19(18)30-23/h4-11H,3,12-14H2,1-2H3,(H,26,28). The van der Waals surface area contributed by atoms with Crippen molar-refractivity contribution < 1.29 is 9.53 Å². The first-order valence-electron chi connectivity index (χ1n) is 10.4. The highest BCUT2D eigenvalue weighted by molar-refractivity contribution is 7.23. The van der Waals surface area contributed by atoms with Gasteiger partial charge in [0.2, 0.25) is 0 Å². The summed E-state index contributed by atoms with van der Waals surface area (Å²) in [6, 6.07) is 15.5. The van der Waals surface area contributed by atoms with Gasteiger partial charge in [-0.05, 0) is 62.4 Å². The Morgan fingerprint density at radius 2 is 1.97 bits per heavy atom. The van der Waals surface area contributed by atoms with E-state index in [1.165, 1.54) is 10.4 Å². The van der Waals surface area contributed by atoms with Crippen LogP contribution in [0.5, 0.6) is 5.75 Å². The second-order valence-corrected chi connectivity index (χ2v) is 9.73. The van der Waals surface area contributed by atoms with Crippen molar-refractivity contribution >= 4 is 43.8 Å². The SMILES string of the molecule is CCOc1ccc(C(=O)Nc2sc3c(c2-c2nc4ccccc4s2)CCN(C)C3)cc1. The lowest BCUT2D eigenvalue weighted by molar-refractivity contribution is 0.102. The van der Waals surface area contributed by atoms with Gasteiger partial charge in [-0.2, -0.15) is 0 Å². The van der Waals surface area contributed by atoms with E-state index >= 15 is 0 Å². The van der Waals surface area contributed by atoms with Crippen LogP contribution < -0.4 is 10.1 Å². The highest BCUT2D eigenvalue weighted by Gasteiger charge is 2.26. The van der Waals surface area contributed by atoms with E-state index in [1.807, 2.05) is 37.3 Å². The topological polar surface area (TPSA) is 54.5 Å². The zero-order chi connectivity index (χ0) is 21.4. The summed E-state index contributed by atoms with van der Waals surface area (Å²) in [7, 11) is 2.14. The number of anilines is 1. The van der Waals surface area contributed by atoms with Crippen LogP contribution >= 0.6 is 22.7 Å². The van der Waals surface area contributed by atoms with Crippen LogP contribution in [0.1, 0.15) is 27.7 Å². The largest absolute Gasteiger partial charge is 0.494 e. The fraction of sp³-hybridized carbons (Fsp3) is 0.250. The minimum Gasteiger partial charge on any atom is -0.494 e. The Labute approximate surface area is 189 Å². The molecule has 0 fully saturated rings. The molecular weight excluding hydrogens is 426 g/mol. The Bertz CT molecular complexity index is 1210. The molecule has 0 saturated heterocycles. The van der Waals surface area contributed by atoms with Crippen molar-refractivity contribution in [2.45, 2.75) is 19.9 Å². The van der Waals surface area contributed by atoms with Gasteiger partial charge in [-0.1, -0.05) is 12.1 Å². The summed E-state index contributed by atoms with van der Waals surface area (Å²) in [4.78, 5) is 21.6. The predicted molar refractivity (Wildman–Crippen MR) is 129 cm³/mol. The van der Waals surface area contributed by atoms with Crippen LogP contribution in [0.15, 0.2) is 48.5 Å². The van der Waals surface area contributed by atoms with E-state index in [0.717, 1.165) is 51.0 Å². The molecule has 1 aliphatic heterocycles. The van der Waals surface area contributed by atoms with Gasteiger partial charge in [-0.3, -0.25) is 4.79 Å². The van der Waals surface area contributed by atoms with E-state index in [4.69, 9.17) is 9.72 Å². The molecule has 0 bridgehead atoms. The molecule has 5 nitrogen and oxygen atoms in total. The van der Waals surface area contributed by atoms with Crippen LogP contribution in [0.3, 0.4) is 0 Å². The van der Waals surface area contributed by atoms with E-state index in [-0.39, 0.29) is 5.91 Å². The van der Waals surface area contributed by atoms with E-state index in [2.05, 4.69) is 23.3 Å². The fourth-order valence-corrected chi connectivity index (χ4v) is 6.30. The molecule has 0 atom stereocenters. The van der Waals surface area contributed by atoms with Crippen LogP contribution in [0.2, 0.25) is 0 Å². The highest BCUT2D eigenvalue weighted by Crippen LogP contribution is 2.45. The number of nitrogens with zero attached hydrogens (tertiary/aromatic N) is 2. The third kappa shape index (κ3) is 3.96. The molecule has 3 heterocycles. The van der Waals surface area contributed by atoms with Crippen LogP contribution in [-0.2, 0) is 13.0 Å². The molecule has 0 aliphatic carbocycles. The molecule has 2 aromatic heterocycles. The van der Waals surface area contributed by atoms with E-state index in [0.29, 0.717) is 12.2 Å². The van der Waals surface area contributed by atoms with Gasteiger partial charge < -0.3 is 15.0 Å². The number of hydrogen-bond acceptors (Lipinski definition) is 6. The van der Waals surface area contributed by atoms with Gasteiger partial charge in [0.15, 0.2) is 0 Å². The number of amides is 1. The maximum Gasteiger partial charge on any atom is 0.256 e. The highest BCUT2D eigenvalue weighted by atomic mass is 32.1. The molecule has 2 aromatic carbocycles. The minimum absolute atomic E-state index is 0.114. The van der Waals surface area contributed by atoms with Gasteiger partial charge in [0.25, 0.3) is 5.91 Å². The van der Waals surface area contributed by atoms with E-state index < -0.39 is 0 Å². The van der Waals surface area contributed by atoms with Crippen LogP contribution in [-0.4, -0.2) is 36.0 Å². The number of benzene rings is 2. The Hall–Kier alpha value is -2.74. The van der Waals surface area contributed by atoms with E-state index in [9.17, 15) is 4.79 Å². The summed E-state index contributed by atoms with van der Waals surface area (Å²) in [6.07, 6.45) is 0.965. The van der Waals surface area contributed by atoms with Crippen molar-refractivity contribution in [1.29, 1.82) is 0 Å². The average Bonchev–Trinajstić information content (AvgIpc) is 3.34. The molecule has 1 amide bonds. The predicted octanol–water partition coefficient (Wildman–Crippen LogP) is 5.66. The van der Waals surface area contributed by atoms with Gasteiger partial charge in [-0.25, -0.2) is 4.98 Å². The van der Waals surface area contributed by atoms with E-state index in [1.54, 1.807) is 34.8 Å². The maximum atomic E-state index is 13.0. The zero-order valence-corrected chi connectivity index (χ0v) is 19.1. The normalized spacial score (nSPS) is 13.9.